The maximum atomic E-state index is 12.5. The molecule has 1 fully saturated rings. The number of amides is 2. The van der Waals surface area contributed by atoms with E-state index < -0.39 is 0 Å². The van der Waals surface area contributed by atoms with Gasteiger partial charge in [-0.1, -0.05) is 17.3 Å². The van der Waals surface area contributed by atoms with Crippen LogP contribution in [0.15, 0.2) is 28.8 Å². The number of likely N-dealkylation sites (tertiary alicyclic amines) is 1. The number of rotatable bonds is 6. The summed E-state index contributed by atoms with van der Waals surface area (Å²) in [5.74, 6) is 1.08. The molecule has 8 nitrogen and oxygen atoms in total. The van der Waals surface area contributed by atoms with Gasteiger partial charge in [-0.15, -0.1) is 0 Å². The molecule has 0 radical (unpaired) electrons. The zero-order valence-corrected chi connectivity index (χ0v) is 14.0. The van der Waals surface area contributed by atoms with Crippen LogP contribution >= 0.6 is 0 Å². The van der Waals surface area contributed by atoms with Crippen LogP contribution < -0.4 is 10.5 Å². The number of nitrogens with two attached hydrogens (primary N) is 1. The zero-order valence-electron chi connectivity index (χ0n) is 14.0. The Hall–Kier alpha value is -2.90. The molecule has 8 heteroatoms. The fourth-order valence-electron chi connectivity index (χ4n) is 2.92. The van der Waals surface area contributed by atoms with E-state index >= 15 is 0 Å². The van der Waals surface area contributed by atoms with Gasteiger partial charge in [0.1, 0.15) is 5.75 Å². The number of primary amides is 1. The van der Waals surface area contributed by atoms with Crippen LogP contribution in [0.2, 0.25) is 0 Å². The Labute approximate surface area is 144 Å². The molecule has 0 aliphatic carbocycles. The molecule has 1 aliphatic heterocycles. The normalized spacial score (nSPS) is 16.8. The van der Waals surface area contributed by atoms with Crippen molar-refractivity contribution in [3.63, 3.8) is 0 Å². The average Bonchev–Trinajstić information content (AvgIpc) is 3.22. The first-order valence-electron chi connectivity index (χ1n) is 8.12. The first-order valence-corrected chi connectivity index (χ1v) is 8.12. The van der Waals surface area contributed by atoms with Gasteiger partial charge in [-0.2, -0.15) is 4.98 Å². The molecule has 3 rings (SSSR count). The van der Waals surface area contributed by atoms with Gasteiger partial charge in [0.25, 0.3) is 5.91 Å². The quantitative estimate of drug-likeness (QED) is 0.841. The zero-order chi connectivity index (χ0) is 17.8. The minimum Gasteiger partial charge on any atom is -0.484 e. The van der Waals surface area contributed by atoms with Gasteiger partial charge in [0, 0.05) is 13.5 Å². The van der Waals surface area contributed by atoms with Gasteiger partial charge in [0.15, 0.2) is 12.4 Å². The summed E-state index contributed by atoms with van der Waals surface area (Å²) in [6.45, 7) is 2.31. The van der Waals surface area contributed by atoms with Gasteiger partial charge in [-0.25, -0.2) is 0 Å². The van der Waals surface area contributed by atoms with Crippen LogP contribution in [-0.2, 0) is 16.0 Å². The summed E-state index contributed by atoms with van der Waals surface area (Å²) in [7, 11) is 0. The van der Waals surface area contributed by atoms with E-state index in [9.17, 15) is 9.59 Å². The predicted molar refractivity (Wildman–Crippen MR) is 87.6 cm³/mol. The number of aromatic nitrogens is 2. The first kappa shape index (κ1) is 16.9. The lowest BCUT2D eigenvalue weighted by Crippen LogP contribution is -2.34. The van der Waals surface area contributed by atoms with Crippen LogP contribution in [0, 0.1) is 6.92 Å². The Bertz CT molecular complexity index is 756. The van der Waals surface area contributed by atoms with Crippen LogP contribution in [0.4, 0.5) is 0 Å². The fraction of sp³-hybridized carbons (Fsp3) is 0.412. The lowest BCUT2D eigenvalue weighted by Gasteiger charge is -2.22. The molecule has 0 saturated carbocycles. The Morgan fingerprint density at radius 1 is 1.36 bits per heavy atom. The molecule has 2 amide bonds. The van der Waals surface area contributed by atoms with E-state index in [1.807, 2.05) is 0 Å². The third-order valence-electron chi connectivity index (χ3n) is 4.08. The number of benzene rings is 1. The Morgan fingerprint density at radius 3 is 2.76 bits per heavy atom. The minimum atomic E-state index is -0.388. The minimum absolute atomic E-state index is 0.0670. The van der Waals surface area contributed by atoms with Crippen LogP contribution in [-0.4, -0.2) is 40.0 Å². The summed E-state index contributed by atoms with van der Waals surface area (Å²) >= 11 is 0. The van der Waals surface area contributed by atoms with E-state index in [-0.39, 0.29) is 30.9 Å². The van der Waals surface area contributed by atoms with Gasteiger partial charge in [0.05, 0.1) is 12.5 Å². The van der Waals surface area contributed by atoms with Gasteiger partial charge >= 0.3 is 0 Å². The molecule has 0 spiro atoms. The Balaban J connectivity index is 1.57. The maximum absolute atomic E-state index is 12.5. The molecule has 1 aromatic heterocycles. The molecule has 1 atom stereocenters. The summed E-state index contributed by atoms with van der Waals surface area (Å²) in [6, 6.07) is 6.79. The first-order chi connectivity index (χ1) is 12.0. The van der Waals surface area contributed by atoms with Crippen LogP contribution in [0.3, 0.4) is 0 Å². The van der Waals surface area contributed by atoms with Crippen molar-refractivity contribution in [2.24, 2.45) is 5.73 Å². The molecule has 1 saturated heterocycles. The Morgan fingerprint density at radius 2 is 2.12 bits per heavy atom. The number of hydrogen-bond acceptors (Lipinski definition) is 6. The van der Waals surface area contributed by atoms with E-state index in [1.165, 1.54) is 0 Å². The summed E-state index contributed by atoms with van der Waals surface area (Å²) in [6.07, 6.45) is 1.89. The smallest absolute Gasteiger partial charge is 0.261 e. The number of ether oxygens (including phenoxy) is 1. The van der Waals surface area contributed by atoms with Crippen molar-refractivity contribution in [1.82, 2.24) is 15.0 Å². The van der Waals surface area contributed by atoms with Crippen molar-refractivity contribution in [2.75, 3.05) is 13.2 Å². The van der Waals surface area contributed by atoms with Gasteiger partial charge in [-0.05, 0) is 30.5 Å². The lowest BCUT2D eigenvalue weighted by molar-refractivity contribution is -0.134. The predicted octanol–water partition coefficient (Wildman–Crippen LogP) is 1.15. The van der Waals surface area contributed by atoms with Crippen molar-refractivity contribution >= 4 is 11.8 Å². The summed E-state index contributed by atoms with van der Waals surface area (Å²) in [5, 5.41) is 3.92. The van der Waals surface area contributed by atoms with Crippen molar-refractivity contribution in [3.8, 4) is 5.75 Å². The summed E-state index contributed by atoms with van der Waals surface area (Å²) in [4.78, 5) is 29.3. The molecular weight excluding hydrogens is 324 g/mol. The number of carbonyl (C=O) groups excluding carboxylic acids is 2. The standard InChI is InChI=1S/C17H20N4O4/c1-11-19-17(20-25-11)14-3-2-8-21(14)16(23)10-24-13-6-4-12(5-7-13)9-15(18)22/h4-7,14H,2-3,8-10H2,1H3,(H2,18,22)/t14-/m0/s1. The van der Waals surface area contributed by atoms with E-state index in [2.05, 4.69) is 10.1 Å². The highest BCUT2D eigenvalue weighted by molar-refractivity contribution is 5.78. The lowest BCUT2D eigenvalue weighted by atomic mass is 10.1. The molecule has 2 N–H and O–H groups in total. The molecule has 132 valence electrons. The Kier molecular flexibility index (Phi) is 4.97. The number of aryl methyl sites for hydroxylation is 1. The third kappa shape index (κ3) is 4.14. The van der Waals surface area contributed by atoms with E-state index in [4.69, 9.17) is 15.0 Å². The maximum Gasteiger partial charge on any atom is 0.261 e. The van der Waals surface area contributed by atoms with Crippen molar-refractivity contribution in [3.05, 3.63) is 41.5 Å². The highest BCUT2D eigenvalue weighted by atomic mass is 16.5. The molecule has 25 heavy (non-hydrogen) atoms. The topological polar surface area (TPSA) is 112 Å². The fourth-order valence-corrected chi connectivity index (χ4v) is 2.92. The second kappa shape index (κ2) is 7.33. The van der Waals surface area contributed by atoms with Gasteiger partial charge < -0.3 is 19.9 Å². The van der Waals surface area contributed by atoms with Crippen molar-refractivity contribution in [2.45, 2.75) is 32.2 Å². The summed E-state index contributed by atoms with van der Waals surface area (Å²) < 4.78 is 10.6. The monoisotopic (exact) mass is 344 g/mol. The van der Waals surface area contributed by atoms with Crippen LogP contribution in [0.1, 0.15) is 36.2 Å². The molecule has 1 aromatic carbocycles. The van der Waals surface area contributed by atoms with Crippen molar-refractivity contribution < 1.29 is 18.8 Å². The number of carbonyl (C=O) groups is 2. The van der Waals surface area contributed by atoms with E-state index in [0.717, 1.165) is 18.4 Å². The molecule has 2 aromatic rings. The van der Waals surface area contributed by atoms with Gasteiger partial charge in [-0.3, -0.25) is 9.59 Å². The molecular formula is C17H20N4O4. The number of hydrogen-bond donors (Lipinski definition) is 1. The molecule has 0 bridgehead atoms. The third-order valence-corrected chi connectivity index (χ3v) is 4.08. The molecule has 0 unspecified atom stereocenters. The highest BCUT2D eigenvalue weighted by Crippen LogP contribution is 2.30. The van der Waals surface area contributed by atoms with Crippen LogP contribution in [0.5, 0.6) is 5.75 Å². The highest BCUT2D eigenvalue weighted by Gasteiger charge is 2.33. The second-order valence-electron chi connectivity index (χ2n) is 5.99. The second-order valence-corrected chi connectivity index (χ2v) is 5.99. The van der Waals surface area contributed by atoms with Gasteiger partial charge in [0.2, 0.25) is 11.8 Å². The van der Waals surface area contributed by atoms with Crippen molar-refractivity contribution in [1.29, 1.82) is 0 Å². The SMILES string of the molecule is Cc1nc([C@@H]2CCCN2C(=O)COc2ccc(CC(N)=O)cc2)no1. The van der Waals surface area contributed by atoms with E-state index in [1.54, 1.807) is 36.1 Å². The average molecular weight is 344 g/mol. The molecule has 2 heterocycles. The largest absolute Gasteiger partial charge is 0.484 e. The van der Waals surface area contributed by atoms with E-state index in [0.29, 0.717) is 24.0 Å². The van der Waals surface area contributed by atoms with Crippen LogP contribution in [0.25, 0.3) is 0 Å². The number of nitrogens with zero attached hydrogens (tertiary/aromatic N) is 3. The summed E-state index contributed by atoms with van der Waals surface area (Å²) in [5.41, 5.74) is 5.96. The molecule has 1 aliphatic rings.